The molecule has 1 N–H and O–H groups in total. The molecule has 2 aromatic carbocycles. The Bertz CT molecular complexity index is 593. The van der Waals surface area contributed by atoms with Crippen LogP contribution < -0.4 is 10.2 Å². The van der Waals surface area contributed by atoms with Crippen molar-refractivity contribution in [3.63, 3.8) is 0 Å². The first-order valence-corrected chi connectivity index (χ1v) is 7.16. The van der Waals surface area contributed by atoms with Gasteiger partial charge in [-0.3, -0.25) is 0 Å². The molecule has 0 radical (unpaired) electrons. The number of hydrogen-bond donors (Lipinski definition) is 1. The molecule has 0 aliphatic heterocycles. The number of halogens is 1. The average molecular weight is 289 g/mol. The molecule has 2 nitrogen and oxygen atoms in total. The van der Waals surface area contributed by atoms with Crippen LogP contribution in [0, 0.1) is 6.92 Å². The van der Waals surface area contributed by atoms with Gasteiger partial charge in [-0.15, -0.1) is 0 Å². The second-order valence-electron chi connectivity index (χ2n) is 5.31. The van der Waals surface area contributed by atoms with Crippen molar-refractivity contribution in [1.29, 1.82) is 0 Å². The van der Waals surface area contributed by atoms with Gasteiger partial charge < -0.3 is 10.2 Å². The van der Waals surface area contributed by atoms with Crippen molar-refractivity contribution >= 4 is 23.0 Å². The summed E-state index contributed by atoms with van der Waals surface area (Å²) >= 11 is 6.30. The molecule has 0 amide bonds. The van der Waals surface area contributed by atoms with Gasteiger partial charge in [0.25, 0.3) is 0 Å². The molecule has 2 aromatic rings. The topological polar surface area (TPSA) is 15.3 Å². The van der Waals surface area contributed by atoms with Gasteiger partial charge in [-0.05, 0) is 31.5 Å². The summed E-state index contributed by atoms with van der Waals surface area (Å²) in [5.41, 5.74) is 4.62. The predicted molar refractivity (Wildman–Crippen MR) is 89.0 cm³/mol. The largest absolute Gasteiger partial charge is 0.377 e. The van der Waals surface area contributed by atoms with Gasteiger partial charge in [0.05, 0.1) is 16.4 Å². The predicted octanol–water partition coefficient (Wildman–Crippen LogP) is 4.89. The summed E-state index contributed by atoms with van der Waals surface area (Å²) < 4.78 is 0. The van der Waals surface area contributed by atoms with Crippen LogP contribution in [0.4, 0.5) is 11.4 Å². The van der Waals surface area contributed by atoms with E-state index in [0.29, 0.717) is 0 Å². The van der Waals surface area contributed by atoms with Gasteiger partial charge >= 0.3 is 0 Å². The van der Waals surface area contributed by atoms with E-state index in [-0.39, 0.29) is 6.04 Å². The highest BCUT2D eigenvalue weighted by molar-refractivity contribution is 6.34. The number of anilines is 2. The zero-order valence-electron chi connectivity index (χ0n) is 12.4. The average Bonchev–Trinajstić information content (AvgIpc) is 2.38. The molecule has 0 saturated carbocycles. The third kappa shape index (κ3) is 3.26. The molecule has 1 atom stereocenters. The normalized spacial score (nSPS) is 12.1. The maximum Gasteiger partial charge on any atom is 0.0786 e. The van der Waals surface area contributed by atoms with Crippen LogP contribution in [0.5, 0.6) is 0 Å². The minimum Gasteiger partial charge on any atom is -0.377 e. The Labute approximate surface area is 126 Å². The molecule has 0 aliphatic rings. The minimum absolute atomic E-state index is 0.229. The number of benzene rings is 2. The summed E-state index contributed by atoms with van der Waals surface area (Å²) in [5.74, 6) is 0. The number of aryl methyl sites for hydroxylation is 1. The quantitative estimate of drug-likeness (QED) is 0.862. The summed E-state index contributed by atoms with van der Waals surface area (Å²) in [5, 5.41) is 4.31. The molecule has 2 rings (SSSR count). The van der Waals surface area contributed by atoms with E-state index in [2.05, 4.69) is 49.5 Å². The van der Waals surface area contributed by atoms with Crippen molar-refractivity contribution in [2.75, 3.05) is 24.3 Å². The molecule has 0 aliphatic carbocycles. The fraction of sp³-hybridized carbons (Fsp3) is 0.294. The lowest BCUT2D eigenvalue weighted by molar-refractivity contribution is 0.881. The first-order chi connectivity index (χ1) is 9.49. The number of nitrogens with zero attached hydrogens (tertiary/aromatic N) is 1. The van der Waals surface area contributed by atoms with E-state index in [0.717, 1.165) is 16.4 Å². The Morgan fingerprint density at radius 3 is 2.45 bits per heavy atom. The maximum atomic E-state index is 6.30. The van der Waals surface area contributed by atoms with E-state index in [1.165, 1.54) is 11.1 Å². The van der Waals surface area contributed by atoms with Crippen LogP contribution in [-0.2, 0) is 0 Å². The van der Waals surface area contributed by atoms with E-state index in [4.69, 9.17) is 11.6 Å². The molecule has 0 spiro atoms. The molecule has 0 fully saturated rings. The third-order valence-electron chi connectivity index (χ3n) is 3.35. The second kappa shape index (κ2) is 6.19. The molecule has 0 bridgehead atoms. The van der Waals surface area contributed by atoms with Crippen LogP contribution in [0.3, 0.4) is 0 Å². The summed E-state index contributed by atoms with van der Waals surface area (Å²) in [7, 11) is 4.01. The number of rotatable bonds is 4. The monoisotopic (exact) mass is 288 g/mol. The Balaban J connectivity index is 2.28. The highest BCUT2D eigenvalue weighted by atomic mass is 35.5. The summed E-state index contributed by atoms with van der Waals surface area (Å²) in [6.45, 7) is 4.27. The molecule has 0 heterocycles. The minimum atomic E-state index is 0.229. The summed E-state index contributed by atoms with van der Waals surface area (Å²) in [6, 6.07) is 14.7. The van der Waals surface area contributed by atoms with E-state index in [1.807, 2.05) is 31.1 Å². The van der Waals surface area contributed by atoms with Gasteiger partial charge in [-0.2, -0.15) is 0 Å². The Hall–Kier alpha value is -1.67. The lowest BCUT2D eigenvalue weighted by Gasteiger charge is -2.23. The van der Waals surface area contributed by atoms with E-state index in [9.17, 15) is 0 Å². The van der Waals surface area contributed by atoms with Crippen molar-refractivity contribution < 1.29 is 0 Å². The Morgan fingerprint density at radius 1 is 1.10 bits per heavy atom. The van der Waals surface area contributed by atoms with Gasteiger partial charge in [0, 0.05) is 20.1 Å². The molecule has 20 heavy (non-hydrogen) atoms. The van der Waals surface area contributed by atoms with Gasteiger partial charge in [-0.25, -0.2) is 0 Å². The molecule has 3 heteroatoms. The smallest absolute Gasteiger partial charge is 0.0786 e. The standard InChI is InChI=1S/C17H21ClN2/c1-12-7-5-8-14(11-12)13(2)19-16-10-6-9-15(18)17(16)20(3)4/h5-11,13,19H,1-4H3. The molecular formula is C17H21ClN2. The van der Waals surface area contributed by atoms with Crippen molar-refractivity contribution in [3.8, 4) is 0 Å². The van der Waals surface area contributed by atoms with Crippen molar-refractivity contribution in [1.82, 2.24) is 0 Å². The van der Waals surface area contributed by atoms with E-state index >= 15 is 0 Å². The van der Waals surface area contributed by atoms with Crippen LogP contribution in [0.2, 0.25) is 5.02 Å². The van der Waals surface area contributed by atoms with Gasteiger partial charge in [0.15, 0.2) is 0 Å². The lowest BCUT2D eigenvalue weighted by Crippen LogP contribution is -2.14. The van der Waals surface area contributed by atoms with Crippen LogP contribution in [0.1, 0.15) is 24.1 Å². The fourth-order valence-electron chi connectivity index (χ4n) is 2.34. The molecule has 1 unspecified atom stereocenters. The Kier molecular flexibility index (Phi) is 4.56. The molecular weight excluding hydrogens is 268 g/mol. The number of hydrogen-bond acceptors (Lipinski definition) is 2. The van der Waals surface area contributed by atoms with Gasteiger partial charge in [0.1, 0.15) is 0 Å². The first-order valence-electron chi connectivity index (χ1n) is 6.78. The Morgan fingerprint density at radius 2 is 1.80 bits per heavy atom. The highest BCUT2D eigenvalue weighted by Crippen LogP contribution is 2.34. The lowest BCUT2D eigenvalue weighted by atomic mass is 10.1. The zero-order chi connectivity index (χ0) is 14.7. The van der Waals surface area contributed by atoms with Crippen LogP contribution in [-0.4, -0.2) is 14.1 Å². The number of para-hydroxylation sites is 1. The van der Waals surface area contributed by atoms with Crippen LogP contribution in [0.15, 0.2) is 42.5 Å². The highest BCUT2D eigenvalue weighted by Gasteiger charge is 2.12. The van der Waals surface area contributed by atoms with Crippen LogP contribution >= 0.6 is 11.6 Å². The number of nitrogens with one attached hydrogen (secondary N) is 1. The first kappa shape index (κ1) is 14.7. The molecule has 0 saturated heterocycles. The summed E-state index contributed by atoms with van der Waals surface area (Å²) in [4.78, 5) is 2.04. The third-order valence-corrected chi connectivity index (χ3v) is 3.65. The van der Waals surface area contributed by atoms with Gasteiger partial charge in [0.2, 0.25) is 0 Å². The maximum absolute atomic E-state index is 6.30. The van der Waals surface area contributed by atoms with E-state index in [1.54, 1.807) is 0 Å². The van der Waals surface area contributed by atoms with Crippen molar-refractivity contribution in [2.24, 2.45) is 0 Å². The van der Waals surface area contributed by atoms with Crippen LogP contribution in [0.25, 0.3) is 0 Å². The summed E-state index contributed by atoms with van der Waals surface area (Å²) in [6.07, 6.45) is 0. The molecule has 106 valence electrons. The zero-order valence-corrected chi connectivity index (χ0v) is 13.2. The second-order valence-corrected chi connectivity index (χ2v) is 5.72. The molecule has 0 aromatic heterocycles. The van der Waals surface area contributed by atoms with E-state index < -0.39 is 0 Å². The SMILES string of the molecule is Cc1cccc(C(C)Nc2cccc(Cl)c2N(C)C)c1. The fourth-order valence-corrected chi connectivity index (χ4v) is 2.69. The van der Waals surface area contributed by atoms with Crippen molar-refractivity contribution in [3.05, 3.63) is 58.6 Å². The van der Waals surface area contributed by atoms with Crippen molar-refractivity contribution in [2.45, 2.75) is 19.9 Å². The van der Waals surface area contributed by atoms with Gasteiger partial charge in [-0.1, -0.05) is 47.5 Å².